The summed E-state index contributed by atoms with van der Waals surface area (Å²) in [7, 11) is 0. The van der Waals surface area contributed by atoms with Crippen LogP contribution in [0.3, 0.4) is 0 Å². The van der Waals surface area contributed by atoms with Crippen molar-refractivity contribution in [3.63, 3.8) is 0 Å². The summed E-state index contributed by atoms with van der Waals surface area (Å²) in [4.78, 5) is 0. The van der Waals surface area contributed by atoms with E-state index in [0.717, 1.165) is 28.9 Å². The molecule has 0 radical (unpaired) electrons. The van der Waals surface area contributed by atoms with E-state index in [2.05, 4.69) is 69.3 Å². The van der Waals surface area contributed by atoms with Gasteiger partial charge in [-0.25, -0.2) is 0 Å². The fraction of sp³-hybridized carbons (Fsp3) is 0.519. The van der Waals surface area contributed by atoms with Gasteiger partial charge in [0.05, 0.1) is 11.6 Å². The van der Waals surface area contributed by atoms with Crippen molar-refractivity contribution >= 4 is 0 Å². The largest absolute Gasteiger partial charge is 0.192 e. The maximum absolute atomic E-state index is 9.73. The van der Waals surface area contributed by atoms with E-state index in [4.69, 9.17) is 0 Å². The van der Waals surface area contributed by atoms with Crippen LogP contribution < -0.4 is 0 Å². The summed E-state index contributed by atoms with van der Waals surface area (Å²) in [5.41, 5.74) is 6.31. The van der Waals surface area contributed by atoms with E-state index in [9.17, 15) is 5.26 Å². The van der Waals surface area contributed by atoms with Crippen molar-refractivity contribution in [3.05, 3.63) is 59.2 Å². The van der Waals surface area contributed by atoms with Crippen molar-refractivity contribution in [1.82, 2.24) is 0 Å². The average molecular weight is 370 g/mol. The van der Waals surface area contributed by atoms with Crippen LogP contribution in [-0.4, -0.2) is 0 Å². The minimum absolute atomic E-state index is 0.0620. The second-order valence-electron chi connectivity index (χ2n) is 10.9. The number of nitriles is 1. The van der Waals surface area contributed by atoms with Gasteiger partial charge in [0.2, 0.25) is 0 Å². The molecule has 0 N–H and O–H groups in total. The maximum Gasteiger partial charge on any atom is 0.0998 e. The van der Waals surface area contributed by atoms with E-state index in [-0.39, 0.29) is 5.41 Å². The Balaban J connectivity index is 1.47. The molecule has 1 nitrogen and oxygen atoms in total. The van der Waals surface area contributed by atoms with Gasteiger partial charge in [-0.2, -0.15) is 5.26 Å². The normalized spacial score (nSPS) is 31.0. The smallest absolute Gasteiger partial charge is 0.0998 e. The lowest BCUT2D eigenvalue weighted by Gasteiger charge is -2.57. The van der Waals surface area contributed by atoms with Gasteiger partial charge in [-0.3, -0.25) is 0 Å². The van der Waals surface area contributed by atoms with Crippen LogP contribution in [-0.2, 0) is 10.8 Å². The molecule has 0 saturated heterocycles. The lowest BCUT2D eigenvalue weighted by atomic mass is 9.48. The molecular weight excluding hydrogens is 338 g/mol. The van der Waals surface area contributed by atoms with E-state index < -0.39 is 0 Å². The first-order valence-corrected chi connectivity index (χ1v) is 11.0. The quantitative estimate of drug-likeness (QED) is 0.559. The summed E-state index contributed by atoms with van der Waals surface area (Å²) < 4.78 is 0. The minimum atomic E-state index is 0.0620. The summed E-state index contributed by atoms with van der Waals surface area (Å²) >= 11 is 0. The van der Waals surface area contributed by atoms with Gasteiger partial charge >= 0.3 is 0 Å². The van der Waals surface area contributed by atoms with E-state index in [1.165, 1.54) is 49.7 Å². The molecule has 4 aliphatic rings. The van der Waals surface area contributed by atoms with Crippen LogP contribution in [0.5, 0.6) is 0 Å². The standard InChI is InChI=1S/C27H31N/c1-26(2,3)24-8-9-25(22(13-24)17-28)21-4-6-23(7-5-21)27-14-18-10-19(15-27)12-20(11-18)16-27/h4-9,13,18-20H,10-12,14-16H2,1-3H3/t18-,19+,20?,27?. The molecule has 4 aliphatic carbocycles. The van der Waals surface area contributed by atoms with Crippen LogP contribution in [0.4, 0.5) is 0 Å². The third-order valence-corrected chi connectivity index (χ3v) is 7.85. The Labute approximate surface area is 169 Å². The van der Waals surface area contributed by atoms with Crippen LogP contribution in [0.15, 0.2) is 42.5 Å². The van der Waals surface area contributed by atoms with Gasteiger partial charge in [0, 0.05) is 0 Å². The van der Waals surface area contributed by atoms with E-state index in [0.29, 0.717) is 5.41 Å². The van der Waals surface area contributed by atoms with Gasteiger partial charge in [-0.05, 0) is 95.4 Å². The molecule has 1 heteroatoms. The molecule has 144 valence electrons. The van der Waals surface area contributed by atoms with Gasteiger partial charge in [0.15, 0.2) is 0 Å². The van der Waals surface area contributed by atoms with Crippen molar-refractivity contribution in [2.75, 3.05) is 0 Å². The average Bonchev–Trinajstić information content (AvgIpc) is 2.66. The second kappa shape index (κ2) is 6.21. The first-order valence-electron chi connectivity index (χ1n) is 11.0. The highest BCUT2D eigenvalue weighted by molar-refractivity contribution is 5.71. The Kier molecular flexibility index (Phi) is 3.99. The summed E-state index contributed by atoms with van der Waals surface area (Å²) in [6.07, 6.45) is 8.68. The number of nitrogens with zero attached hydrogens (tertiary/aromatic N) is 1. The van der Waals surface area contributed by atoms with Crippen molar-refractivity contribution in [2.24, 2.45) is 17.8 Å². The number of benzene rings is 2. The Morgan fingerprint density at radius 2 is 1.43 bits per heavy atom. The zero-order chi connectivity index (χ0) is 19.5. The SMILES string of the molecule is CC(C)(C)c1ccc(-c2ccc(C34CC5C[C@H](C3)C[C@@H](C5)C4)cc2)c(C#N)c1. The van der Waals surface area contributed by atoms with E-state index >= 15 is 0 Å². The first kappa shape index (κ1) is 18.0. The third kappa shape index (κ3) is 2.89. The highest BCUT2D eigenvalue weighted by Crippen LogP contribution is 2.60. The molecule has 0 aromatic heterocycles. The van der Waals surface area contributed by atoms with Crippen molar-refractivity contribution in [1.29, 1.82) is 5.26 Å². The number of hydrogen-bond acceptors (Lipinski definition) is 1. The topological polar surface area (TPSA) is 23.8 Å². The van der Waals surface area contributed by atoms with Gasteiger partial charge < -0.3 is 0 Å². The molecule has 4 fully saturated rings. The van der Waals surface area contributed by atoms with E-state index in [1.54, 1.807) is 5.56 Å². The lowest BCUT2D eigenvalue weighted by Crippen LogP contribution is -2.48. The Hall–Kier alpha value is -2.07. The second-order valence-corrected chi connectivity index (χ2v) is 10.9. The van der Waals surface area contributed by atoms with Crippen molar-refractivity contribution in [2.45, 2.75) is 70.1 Å². The molecule has 28 heavy (non-hydrogen) atoms. The molecule has 4 saturated carbocycles. The molecule has 0 aliphatic heterocycles. The van der Waals surface area contributed by atoms with Crippen LogP contribution >= 0.6 is 0 Å². The lowest BCUT2D eigenvalue weighted by molar-refractivity contribution is -0.00518. The molecule has 2 aromatic rings. The fourth-order valence-electron chi connectivity index (χ4n) is 6.82. The Bertz CT molecular complexity index is 900. The van der Waals surface area contributed by atoms with Gasteiger partial charge in [-0.15, -0.1) is 0 Å². The zero-order valence-electron chi connectivity index (χ0n) is 17.5. The summed E-state index contributed by atoms with van der Waals surface area (Å²) in [6.45, 7) is 6.59. The van der Waals surface area contributed by atoms with Crippen LogP contribution in [0.25, 0.3) is 11.1 Å². The van der Waals surface area contributed by atoms with Gasteiger partial charge in [0.25, 0.3) is 0 Å². The predicted octanol–water partition coefficient (Wildman–Crippen LogP) is 6.99. The van der Waals surface area contributed by atoms with Crippen molar-refractivity contribution < 1.29 is 0 Å². The molecule has 4 bridgehead atoms. The van der Waals surface area contributed by atoms with Gasteiger partial charge in [0.1, 0.15) is 0 Å². The summed E-state index contributed by atoms with van der Waals surface area (Å²) in [5.74, 6) is 2.92. The molecule has 0 unspecified atom stereocenters. The predicted molar refractivity (Wildman–Crippen MR) is 115 cm³/mol. The summed E-state index contributed by atoms with van der Waals surface area (Å²) in [6, 6.07) is 18.1. The molecule has 2 aromatic carbocycles. The fourth-order valence-corrected chi connectivity index (χ4v) is 6.82. The highest BCUT2D eigenvalue weighted by atomic mass is 14.6. The summed E-state index contributed by atoms with van der Waals surface area (Å²) in [5, 5.41) is 9.73. The molecule has 6 rings (SSSR count). The Morgan fingerprint density at radius 3 is 1.93 bits per heavy atom. The number of rotatable bonds is 2. The minimum Gasteiger partial charge on any atom is -0.192 e. The van der Waals surface area contributed by atoms with Crippen LogP contribution in [0.1, 0.15) is 76.0 Å². The van der Waals surface area contributed by atoms with Crippen LogP contribution in [0.2, 0.25) is 0 Å². The molecular formula is C27H31N. The first-order chi connectivity index (χ1) is 13.4. The van der Waals surface area contributed by atoms with Crippen molar-refractivity contribution in [3.8, 4) is 17.2 Å². The van der Waals surface area contributed by atoms with Crippen LogP contribution in [0, 0.1) is 29.1 Å². The third-order valence-electron chi connectivity index (χ3n) is 7.85. The monoisotopic (exact) mass is 369 g/mol. The Morgan fingerprint density at radius 1 is 0.857 bits per heavy atom. The molecule has 0 atom stereocenters. The van der Waals surface area contributed by atoms with Gasteiger partial charge in [-0.1, -0.05) is 57.2 Å². The zero-order valence-corrected chi connectivity index (χ0v) is 17.5. The maximum atomic E-state index is 9.73. The number of hydrogen-bond donors (Lipinski definition) is 0. The molecule has 0 spiro atoms. The molecule has 0 amide bonds. The highest BCUT2D eigenvalue weighted by Gasteiger charge is 2.51. The van der Waals surface area contributed by atoms with E-state index in [1.807, 2.05) is 0 Å². The molecule has 0 heterocycles.